The fourth-order valence-electron chi connectivity index (χ4n) is 1.64. The topological polar surface area (TPSA) is 33.7 Å². The molecule has 0 radical (unpaired) electrons. The molecule has 4 heteroatoms. The molecule has 0 bridgehead atoms. The average molecular weight is 246 g/mol. The van der Waals surface area contributed by atoms with Crippen molar-refractivity contribution in [3.05, 3.63) is 0 Å². The summed E-state index contributed by atoms with van der Waals surface area (Å²) in [6, 6.07) is 0.406. The number of ether oxygens (including phenoxy) is 2. The van der Waals surface area contributed by atoms with Gasteiger partial charge in [0.05, 0.1) is 19.3 Å². The summed E-state index contributed by atoms with van der Waals surface area (Å²) in [4.78, 5) is 2.29. The van der Waals surface area contributed by atoms with Gasteiger partial charge in [-0.1, -0.05) is 6.92 Å². The Balaban J connectivity index is 3.73. The molecule has 0 amide bonds. The Morgan fingerprint density at radius 3 is 2.53 bits per heavy atom. The molecule has 0 aliphatic carbocycles. The molecule has 17 heavy (non-hydrogen) atoms. The van der Waals surface area contributed by atoms with Crippen molar-refractivity contribution < 1.29 is 9.47 Å². The minimum atomic E-state index is 0.316. The predicted octanol–water partition coefficient (Wildman–Crippen LogP) is 1.36. The molecule has 0 aromatic carbocycles. The van der Waals surface area contributed by atoms with Crippen LogP contribution >= 0.6 is 0 Å². The first-order chi connectivity index (χ1) is 8.10. The number of hydrogen-bond acceptors (Lipinski definition) is 4. The van der Waals surface area contributed by atoms with Gasteiger partial charge in [0.15, 0.2) is 0 Å². The number of hydrogen-bond donors (Lipinski definition) is 1. The van der Waals surface area contributed by atoms with Crippen molar-refractivity contribution in [2.24, 2.45) is 0 Å². The van der Waals surface area contributed by atoms with E-state index >= 15 is 0 Å². The highest BCUT2D eigenvalue weighted by atomic mass is 16.5. The molecule has 0 saturated carbocycles. The zero-order valence-corrected chi connectivity index (χ0v) is 12.2. The maximum Gasteiger partial charge on any atom is 0.0628 e. The highest BCUT2D eigenvalue weighted by molar-refractivity contribution is 4.70. The molecule has 0 aliphatic heterocycles. The van der Waals surface area contributed by atoms with Crippen LogP contribution in [0.2, 0.25) is 0 Å². The van der Waals surface area contributed by atoms with Crippen LogP contribution in [0.25, 0.3) is 0 Å². The Morgan fingerprint density at radius 2 is 2.00 bits per heavy atom. The van der Waals surface area contributed by atoms with Gasteiger partial charge in [0, 0.05) is 26.2 Å². The summed E-state index contributed by atoms with van der Waals surface area (Å²) in [6.07, 6.45) is 1.47. The van der Waals surface area contributed by atoms with Gasteiger partial charge in [-0.25, -0.2) is 0 Å². The Bertz CT molecular complexity index is 165. The van der Waals surface area contributed by atoms with Gasteiger partial charge in [-0.05, 0) is 33.9 Å². The Kier molecular flexibility index (Phi) is 10.9. The minimum absolute atomic E-state index is 0.316. The molecule has 4 nitrogen and oxygen atoms in total. The second-order valence-electron chi connectivity index (χ2n) is 4.79. The third-order valence-electron chi connectivity index (χ3n) is 2.51. The lowest BCUT2D eigenvalue weighted by molar-refractivity contribution is 0.0591. The molecular formula is C13H30N2O2. The zero-order valence-electron chi connectivity index (χ0n) is 12.2. The number of likely N-dealkylation sites (N-methyl/N-ethyl adjacent to an activating group) is 1. The Morgan fingerprint density at radius 1 is 1.29 bits per heavy atom. The van der Waals surface area contributed by atoms with E-state index in [0.717, 1.165) is 39.3 Å². The molecule has 0 aliphatic rings. The highest BCUT2D eigenvalue weighted by Gasteiger charge is 2.10. The minimum Gasteiger partial charge on any atom is -0.383 e. The van der Waals surface area contributed by atoms with Gasteiger partial charge in [-0.15, -0.1) is 0 Å². The van der Waals surface area contributed by atoms with E-state index in [0.29, 0.717) is 12.1 Å². The molecule has 0 rings (SSSR count). The smallest absolute Gasteiger partial charge is 0.0628 e. The summed E-state index contributed by atoms with van der Waals surface area (Å²) >= 11 is 0. The molecular weight excluding hydrogens is 216 g/mol. The lowest BCUT2D eigenvalue weighted by Crippen LogP contribution is -2.43. The van der Waals surface area contributed by atoms with Crippen molar-refractivity contribution >= 4 is 0 Å². The van der Waals surface area contributed by atoms with Crippen LogP contribution in [0.5, 0.6) is 0 Å². The van der Waals surface area contributed by atoms with Gasteiger partial charge in [0.25, 0.3) is 0 Å². The summed E-state index contributed by atoms with van der Waals surface area (Å²) in [5.41, 5.74) is 0. The van der Waals surface area contributed by atoms with Crippen LogP contribution in [-0.4, -0.2) is 64.1 Å². The standard InChI is InChI=1S/C13H30N2O2/c1-6-7-14-13(11-16-5)10-15(4)8-9-17-12(2)3/h12-14H,6-11H2,1-5H3. The molecule has 1 unspecified atom stereocenters. The molecule has 0 aromatic heterocycles. The van der Waals surface area contributed by atoms with Gasteiger partial charge in [-0.3, -0.25) is 0 Å². The van der Waals surface area contributed by atoms with Crippen LogP contribution in [0.3, 0.4) is 0 Å². The van der Waals surface area contributed by atoms with Crippen LogP contribution in [-0.2, 0) is 9.47 Å². The van der Waals surface area contributed by atoms with Crippen LogP contribution in [0.15, 0.2) is 0 Å². The molecule has 104 valence electrons. The summed E-state index contributed by atoms with van der Waals surface area (Å²) in [5, 5.41) is 3.49. The first-order valence-corrected chi connectivity index (χ1v) is 6.62. The first-order valence-electron chi connectivity index (χ1n) is 6.62. The molecule has 1 N–H and O–H groups in total. The second kappa shape index (κ2) is 11.0. The average Bonchev–Trinajstić information content (AvgIpc) is 2.25. The normalized spacial score (nSPS) is 13.6. The van der Waals surface area contributed by atoms with Crippen LogP contribution in [0, 0.1) is 0 Å². The maximum absolute atomic E-state index is 5.54. The third kappa shape index (κ3) is 10.7. The number of nitrogens with one attached hydrogen (secondary N) is 1. The van der Waals surface area contributed by atoms with Crippen molar-refractivity contribution in [2.45, 2.75) is 39.3 Å². The van der Waals surface area contributed by atoms with Gasteiger partial charge >= 0.3 is 0 Å². The van der Waals surface area contributed by atoms with E-state index in [9.17, 15) is 0 Å². The van der Waals surface area contributed by atoms with Crippen molar-refractivity contribution in [1.29, 1.82) is 0 Å². The molecule has 0 saturated heterocycles. The molecule has 1 atom stereocenters. The first kappa shape index (κ1) is 16.8. The number of methoxy groups -OCH3 is 1. The van der Waals surface area contributed by atoms with E-state index < -0.39 is 0 Å². The Hall–Kier alpha value is -0.160. The summed E-state index contributed by atoms with van der Waals surface area (Å²) < 4.78 is 10.8. The van der Waals surface area contributed by atoms with E-state index in [-0.39, 0.29) is 0 Å². The molecule has 0 fully saturated rings. The van der Waals surface area contributed by atoms with E-state index in [2.05, 4.69) is 38.0 Å². The third-order valence-corrected chi connectivity index (χ3v) is 2.51. The van der Waals surface area contributed by atoms with Gasteiger partial charge in [0.1, 0.15) is 0 Å². The summed E-state index contributed by atoms with van der Waals surface area (Å²) in [5.74, 6) is 0. The highest BCUT2D eigenvalue weighted by Crippen LogP contribution is 1.94. The summed E-state index contributed by atoms with van der Waals surface area (Å²) in [7, 11) is 3.88. The molecule has 0 spiro atoms. The fraction of sp³-hybridized carbons (Fsp3) is 1.00. The van der Waals surface area contributed by atoms with E-state index in [1.54, 1.807) is 7.11 Å². The maximum atomic E-state index is 5.54. The number of rotatable bonds is 11. The predicted molar refractivity (Wildman–Crippen MR) is 72.5 cm³/mol. The van der Waals surface area contributed by atoms with E-state index in [1.807, 2.05) is 0 Å². The van der Waals surface area contributed by atoms with Crippen molar-refractivity contribution in [3.8, 4) is 0 Å². The Labute approximate surface area is 107 Å². The quantitative estimate of drug-likeness (QED) is 0.597. The monoisotopic (exact) mass is 246 g/mol. The largest absolute Gasteiger partial charge is 0.383 e. The second-order valence-corrected chi connectivity index (χ2v) is 4.79. The van der Waals surface area contributed by atoms with Gasteiger partial charge in [-0.2, -0.15) is 0 Å². The fourth-order valence-corrected chi connectivity index (χ4v) is 1.64. The molecule has 0 aromatic rings. The van der Waals surface area contributed by atoms with Crippen molar-refractivity contribution in [2.75, 3.05) is 47.0 Å². The van der Waals surface area contributed by atoms with Gasteiger partial charge < -0.3 is 19.7 Å². The molecule has 0 heterocycles. The lowest BCUT2D eigenvalue weighted by Gasteiger charge is -2.24. The van der Waals surface area contributed by atoms with E-state index in [4.69, 9.17) is 9.47 Å². The summed E-state index contributed by atoms with van der Waals surface area (Å²) in [6.45, 7) is 10.9. The van der Waals surface area contributed by atoms with Crippen LogP contribution in [0.4, 0.5) is 0 Å². The van der Waals surface area contributed by atoms with Crippen molar-refractivity contribution in [3.63, 3.8) is 0 Å². The van der Waals surface area contributed by atoms with Crippen molar-refractivity contribution in [1.82, 2.24) is 10.2 Å². The zero-order chi connectivity index (χ0) is 13.1. The van der Waals surface area contributed by atoms with Crippen LogP contribution < -0.4 is 5.32 Å². The lowest BCUT2D eigenvalue weighted by atomic mass is 10.2. The number of nitrogens with zero attached hydrogens (tertiary/aromatic N) is 1. The van der Waals surface area contributed by atoms with Gasteiger partial charge in [0.2, 0.25) is 0 Å². The van der Waals surface area contributed by atoms with Crippen LogP contribution in [0.1, 0.15) is 27.2 Å². The van der Waals surface area contributed by atoms with E-state index in [1.165, 1.54) is 0 Å². The SMILES string of the molecule is CCCNC(COC)CN(C)CCOC(C)C.